The maximum absolute atomic E-state index is 12.4. The number of rotatable bonds is 13. The van der Waals surface area contributed by atoms with Gasteiger partial charge in [-0.1, -0.05) is 45.9 Å². The van der Waals surface area contributed by atoms with Crippen molar-refractivity contribution in [2.75, 3.05) is 26.3 Å². The van der Waals surface area contributed by atoms with Crippen molar-refractivity contribution < 1.29 is 29.4 Å². The quantitative estimate of drug-likeness (QED) is 0.187. The van der Waals surface area contributed by atoms with Crippen molar-refractivity contribution in [1.82, 2.24) is 10.6 Å². The molecule has 0 radical (unpaired) electrons. The Labute approximate surface area is 189 Å². The fourth-order valence-corrected chi connectivity index (χ4v) is 4.66. The van der Waals surface area contributed by atoms with Gasteiger partial charge in [0.2, 0.25) is 0 Å². The first-order chi connectivity index (χ1) is 15.4. The molecule has 0 atom stereocenters. The fourth-order valence-electron chi connectivity index (χ4n) is 2.30. The van der Waals surface area contributed by atoms with Crippen LogP contribution in [0.25, 0.3) is 0 Å². The van der Waals surface area contributed by atoms with E-state index in [1.54, 1.807) is 48.5 Å². The third-order valence-electron chi connectivity index (χ3n) is 3.65. The average Bonchev–Trinajstić information content (AvgIpc) is 2.78. The molecule has 2 aromatic rings. The van der Waals surface area contributed by atoms with Crippen LogP contribution in [0.15, 0.2) is 58.3 Å². The van der Waals surface area contributed by atoms with Crippen LogP contribution in [0.2, 0.25) is 0 Å². The second-order valence-corrected chi connectivity index (χ2v) is 8.00. The van der Waals surface area contributed by atoms with Gasteiger partial charge in [-0.2, -0.15) is 0 Å². The van der Waals surface area contributed by atoms with Gasteiger partial charge < -0.3 is 20.3 Å². The van der Waals surface area contributed by atoms with E-state index in [9.17, 15) is 29.8 Å². The first-order valence-electron chi connectivity index (χ1n) is 9.02. The van der Waals surface area contributed by atoms with Gasteiger partial charge in [0.25, 0.3) is 22.0 Å². The molecule has 0 aromatic heterocycles. The van der Waals surface area contributed by atoms with E-state index >= 15 is 0 Å². The van der Waals surface area contributed by atoms with Gasteiger partial charge in [0.1, 0.15) is 13.2 Å². The molecule has 2 rings (SSSR count). The highest BCUT2D eigenvalue weighted by Crippen LogP contribution is 2.40. The SMILES string of the molecule is O=C(NCCO[N+](=O)[O-])c1ccccc1SSc1ccccc1C(=O)NCCO[N+](=O)[O-]. The normalized spacial score (nSPS) is 10.1. The van der Waals surface area contributed by atoms with Gasteiger partial charge in [-0.25, -0.2) is 0 Å². The predicted molar refractivity (Wildman–Crippen MR) is 115 cm³/mol. The molecule has 0 bridgehead atoms. The molecule has 2 amide bonds. The second-order valence-electron chi connectivity index (χ2n) is 5.78. The minimum atomic E-state index is -0.935. The lowest BCUT2D eigenvalue weighted by molar-refractivity contribution is -0.757. The topological polar surface area (TPSA) is 163 Å². The summed E-state index contributed by atoms with van der Waals surface area (Å²) in [6.07, 6.45) is 0. The Morgan fingerprint density at radius 3 is 1.50 bits per heavy atom. The van der Waals surface area contributed by atoms with E-state index in [0.717, 1.165) is 0 Å². The monoisotopic (exact) mass is 482 g/mol. The van der Waals surface area contributed by atoms with Gasteiger partial charge in [0.15, 0.2) is 0 Å². The van der Waals surface area contributed by atoms with E-state index in [-0.39, 0.29) is 26.3 Å². The number of carbonyl (C=O) groups is 2. The van der Waals surface area contributed by atoms with E-state index in [4.69, 9.17) is 0 Å². The van der Waals surface area contributed by atoms with Crippen LogP contribution in [0.4, 0.5) is 0 Å². The third-order valence-corrected chi connectivity index (χ3v) is 6.14. The van der Waals surface area contributed by atoms with E-state index < -0.39 is 22.0 Å². The van der Waals surface area contributed by atoms with E-state index in [2.05, 4.69) is 20.3 Å². The summed E-state index contributed by atoms with van der Waals surface area (Å²) in [6, 6.07) is 13.6. The fraction of sp³-hybridized carbons (Fsp3) is 0.222. The summed E-state index contributed by atoms with van der Waals surface area (Å²) in [5.74, 6) is -0.838. The molecule has 0 saturated heterocycles. The molecule has 170 valence electrons. The van der Waals surface area contributed by atoms with Crippen molar-refractivity contribution in [1.29, 1.82) is 0 Å². The van der Waals surface area contributed by atoms with Crippen LogP contribution in [-0.2, 0) is 9.68 Å². The van der Waals surface area contributed by atoms with Crippen LogP contribution in [0.5, 0.6) is 0 Å². The molecule has 0 fully saturated rings. The highest BCUT2D eigenvalue weighted by Gasteiger charge is 2.15. The molecule has 0 saturated carbocycles. The highest BCUT2D eigenvalue weighted by molar-refractivity contribution is 8.76. The lowest BCUT2D eigenvalue weighted by Gasteiger charge is -2.11. The summed E-state index contributed by atoms with van der Waals surface area (Å²) in [5.41, 5.74) is 0.731. The molecule has 14 heteroatoms. The molecule has 2 aromatic carbocycles. The molecule has 0 spiro atoms. The van der Waals surface area contributed by atoms with E-state index in [0.29, 0.717) is 20.9 Å². The van der Waals surface area contributed by atoms with Crippen molar-refractivity contribution in [2.24, 2.45) is 0 Å². The molecule has 0 aliphatic rings. The highest BCUT2D eigenvalue weighted by atomic mass is 33.1. The Morgan fingerprint density at radius 1 is 0.750 bits per heavy atom. The Bertz CT molecular complexity index is 898. The van der Waals surface area contributed by atoms with Crippen LogP contribution in [0.3, 0.4) is 0 Å². The van der Waals surface area contributed by atoms with Crippen LogP contribution < -0.4 is 10.6 Å². The van der Waals surface area contributed by atoms with Gasteiger partial charge in [0.05, 0.1) is 11.1 Å². The molecule has 12 nitrogen and oxygen atoms in total. The summed E-state index contributed by atoms with van der Waals surface area (Å²) in [6.45, 7) is -0.597. The van der Waals surface area contributed by atoms with Crippen LogP contribution >= 0.6 is 21.6 Å². The predicted octanol–water partition coefficient (Wildman–Crippen LogP) is 2.36. The maximum atomic E-state index is 12.4. The van der Waals surface area contributed by atoms with Gasteiger partial charge in [-0.3, -0.25) is 9.59 Å². The van der Waals surface area contributed by atoms with Gasteiger partial charge in [-0.15, -0.1) is 20.2 Å². The summed E-state index contributed by atoms with van der Waals surface area (Å²) in [5, 5.41) is 23.6. The first-order valence-corrected chi connectivity index (χ1v) is 11.2. The number of amides is 2. The number of benzene rings is 2. The molecule has 32 heavy (non-hydrogen) atoms. The smallest absolute Gasteiger partial charge is 0.294 e. The van der Waals surface area contributed by atoms with Crippen LogP contribution in [0, 0.1) is 20.2 Å². The molecule has 0 heterocycles. The summed E-state index contributed by atoms with van der Waals surface area (Å²) >= 11 is 0. The Hall–Kier alpha value is -3.52. The molecule has 0 unspecified atom stereocenters. The van der Waals surface area contributed by atoms with Gasteiger partial charge in [-0.05, 0) is 24.3 Å². The maximum Gasteiger partial charge on any atom is 0.294 e. The zero-order valence-electron chi connectivity index (χ0n) is 16.4. The zero-order valence-corrected chi connectivity index (χ0v) is 18.1. The van der Waals surface area contributed by atoms with Gasteiger partial charge in [0, 0.05) is 22.9 Å². The molecular formula is C18H18N4O8S2. The molecule has 2 N–H and O–H groups in total. The molecule has 0 aliphatic heterocycles. The Balaban J connectivity index is 1.99. The standard InChI is InChI=1S/C18H18N4O8S2/c23-17(19-9-11-29-21(25)26)13-5-1-3-7-15(13)31-32-16-8-4-2-6-14(16)18(24)20-10-12-30-22(27)28/h1-8H,9-12H2,(H,19,23)(H,20,24). The number of carbonyl (C=O) groups excluding carboxylic acids is 2. The summed E-state index contributed by atoms with van der Waals surface area (Å²) < 4.78 is 0. The average molecular weight is 482 g/mol. The van der Waals surface area contributed by atoms with Crippen LogP contribution in [-0.4, -0.2) is 48.3 Å². The molecular weight excluding hydrogens is 464 g/mol. The van der Waals surface area contributed by atoms with E-state index in [1.807, 2.05) is 0 Å². The first kappa shape index (κ1) is 24.7. The van der Waals surface area contributed by atoms with Crippen molar-refractivity contribution >= 4 is 33.4 Å². The minimum Gasteiger partial charge on any atom is -0.350 e. The second kappa shape index (κ2) is 13.0. The Kier molecular flexibility index (Phi) is 10.1. The zero-order chi connectivity index (χ0) is 23.3. The van der Waals surface area contributed by atoms with Crippen molar-refractivity contribution in [3.05, 3.63) is 79.9 Å². The van der Waals surface area contributed by atoms with Crippen molar-refractivity contribution in [2.45, 2.75) is 9.79 Å². The van der Waals surface area contributed by atoms with Crippen LogP contribution in [0.1, 0.15) is 20.7 Å². The lowest BCUT2D eigenvalue weighted by Crippen LogP contribution is -2.28. The number of nitrogens with one attached hydrogen (secondary N) is 2. The van der Waals surface area contributed by atoms with Crippen molar-refractivity contribution in [3.8, 4) is 0 Å². The van der Waals surface area contributed by atoms with E-state index in [1.165, 1.54) is 21.6 Å². The summed E-state index contributed by atoms with van der Waals surface area (Å²) in [7, 11) is 2.52. The number of hydrogen-bond donors (Lipinski definition) is 2. The molecule has 0 aliphatic carbocycles. The third kappa shape index (κ3) is 8.31. The van der Waals surface area contributed by atoms with Gasteiger partial charge >= 0.3 is 0 Å². The largest absolute Gasteiger partial charge is 0.350 e. The van der Waals surface area contributed by atoms with Crippen molar-refractivity contribution in [3.63, 3.8) is 0 Å². The number of hydrogen-bond acceptors (Lipinski definition) is 10. The number of nitrogens with zero attached hydrogens (tertiary/aromatic N) is 2. The lowest BCUT2D eigenvalue weighted by atomic mass is 10.2. The Morgan fingerprint density at radius 2 is 1.12 bits per heavy atom. The summed E-state index contributed by atoms with van der Waals surface area (Å²) in [4.78, 5) is 54.7. The minimum absolute atomic E-state index is 0.0326.